The Hall–Kier alpha value is -1.39. The molecule has 1 aromatic carbocycles. The van der Waals surface area contributed by atoms with Crippen molar-refractivity contribution in [1.29, 1.82) is 0 Å². The van der Waals surface area contributed by atoms with E-state index in [-0.39, 0.29) is 12.6 Å². The number of hydrogen-bond donors (Lipinski definition) is 1. The van der Waals surface area contributed by atoms with Crippen LogP contribution < -0.4 is 0 Å². The zero-order valence-corrected chi connectivity index (χ0v) is 12.8. The molecule has 0 radical (unpaired) electrons. The predicted octanol–water partition coefficient (Wildman–Crippen LogP) is 2.50. The first kappa shape index (κ1) is 19.9. The number of hydrogen-bond acceptors (Lipinski definition) is 4. The minimum atomic E-state index is -0.557. The molecular weight excluding hydrogens is 244 g/mol. The smallest absolute Gasteiger partial charge is 0.302 e. The van der Waals surface area contributed by atoms with E-state index in [4.69, 9.17) is 5.11 Å². The highest BCUT2D eigenvalue weighted by molar-refractivity contribution is 5.65. The Morgan fingerprint density at radius 2 is 1.47 bits per heavy atom. The van der Waals surface area contributed by atoms with Crippen molar-refractivity contribution in [1.82, 2.24) is 0 Å². The summed E-state index contributed by atoms with van der Waals surface area (Å²) in [5.74, 6) is -0.356. The number of aryl methyl sites for hydroxylation is 2. The van der Waals surface area contributed by atoms with E-state index in [1.165, 1.54) is 18.1 Å². The van der Waals surface area contributed by atoms with Crippen LogP contribution in [0.1, 0.15) is 25.0 Å². The van der Waals surface area contributed by atoms with Crippen molar-refractivity contribution in [2.75, 3.05) is 20.8 Å². The van der Waals surface area contributed by atoms with Crippen molar-refractivity contribution in [3.63, 3.8) is 0 Å². The molecule has 0 saturated heterocycles. The van der Waals surface area contributed by atoms with Crippen LogP contribution in [0, 0.1) is 13.8 Å². The first-order valence-electron chi connectivity index (χ1n) is 6.08. The molecule has 0 aliphatic heterocycles. The second-order valence-electron chi connectivity index (χ2n) is 4.21. The number of benzene rings is 1. The second-order valence-corrected chi connectivity index (χ2v) is 4.21. The topological polar surface area (TPSA) is 55.8 Å². The van der Waals surface area contributed by atoms with Crippen LogP contribution in [0.3, 0.4) is 0 Å². The minimum absolute atomic E-state index is 0.0926. The summed E-state index contributed by atoms with van der Waals surface area (Å²) < 4.78 is 8.66. The molecule has 1 aromatic rings. The van der Waals surface area contributed by atoms with Gasteiger partial charge in [0, 0.05) is 21.1 Å². The van der Waals surface area contributed by atoms with Gasteiger partial charge in [-0.1, -0.05) is 35.4 Å². The SMILES string of the molecule is CC(=O)OCC(C)O.COC.Cc1ccc(C)cc1. The average molecular weight is 270 g/mol. The maximum atomic E-state index is 10.0. The van der Waals surface area contributed by atoms with Crippen LogP contribution in [-0.2, 0) is 14.3 Å². The van der Waals surface area contributed by atoms with Crippen LogP contribution in [0.2, 0.25) is 0 Å². The van der Waals surface area contributed by atoms with Crippen molar-refractivity contribution in [2.45, 2.75) is 33.8 Å². The normalized spacial score (nSPS) is 10.3. The molecule has 4 nitrogen and oxygen atoms in total. The molecule has 0 bridgehead atoms. The van der Waals surface area contributed by atoms with Crippen LogP contribution in [0.5, 0.6) is 0 Å². The Morgan fingerprint density at radius 1 is 1.16 bits per heavy atom. The number of methoxy groups -OCH3 is 1. The number of rotatable bonds is 2. The Morgan fingerprint density at radius 3 is 1.63 bits per heavy atom. The maximum absolute atomic E-state index is 10.0. The van der Waals surface area contributed by atoms with Gasteiger partial charge < -0.3 is 14.6 Å². The van der Waals surface area contributed by atoms with E-state index in [1.807, 2.05) is 0 Å². The van der Waals surface area contributed by atoms with Gasteiger partial charge in [-0.15, -0.1) is 0 Å². The molecule has 0 spiro atoms. The summed E-state index contributed by atoms with van der Waals surface area (Å²) in [6.45, 7) is 7.15. The summed E-state index contributed by atoms with van der Waals surface area (Å²) in [6, 6.07) is 8.48. The molecule has 0 aliphatic carbocycles. The molecule has 1 unspecified atom stereocenters. The number of carbonyl (C=O) groups excluding carboxylic acids is 1. The standard InChI is InChI=1S/C8H10.C5H10O3.C2H6O/c1-7-3-5-8(2)6-4-7;1-4(6)3-8-5(2)7;1-3-2/h3-6H,1-2H3;4,6H,3H2,1-2H3;1-2H3. The lowest BCUT2D eigenvalue weighted by atomic mass is 10.2. The summed E-state index contributed by atoms with van der Waals surface area (Å²) >= 11 is 0. The maximum Gasteiger partial charge on any atom is 0.302 e. The predicted molar refractivity (Wildman–Crippen MR) is 77.2 cm³/mol. The van der Waals surface area contributed by atoms with Gasteiger partial charge in [0.1, 0.15) is 6.61 Å². The van der Waals surface area contributed by atoms with Crippen LogP contribution in [0.15, 0.2) is 24.3 Å². The molecule has 1 atom stereocenters. The molecular formula is C15H26O4. The van der Waals surface area contributed by atoms with Crippen LogP contribution in [-0.4, -0.2) is 38.0 Å². The summed E-state index contributed by atoms with van der Waals surface area (Å²) in [7, 11) is 3.25. The third-order valence-electron chi connectivity index (χ3n) is 1.75. The fourth-order valence-corrected chi connectivity index (χ4v) is 0.875. The Kier molecular flexibility index (Phi) is 13.7. The van der Waals surface area contributed by atoms with E-state index >= 15 is 0 Å². The molecule has 1 rings (SSSR count). The van der Waals surface area contributed by atoms with Gasteiger partial charge in [0.05, 0.1) is 6.10 Å². The van der Waals surface area contributed by atoms with Crippen molar-refractivity contribution >= 4 is 5.97 Å². The summed E-state index contributed by atoms with van der Waals surface area (Å²) in [6.07, 6.45) is -0.557. The summed E-state index contributed by atoms with van der Waals surface area (Å²) in [5.41, 5.74) is 2.66. The van der Waals surface area contributed by atoms with Crippen molar-refractivity contribution < 1.29 is 19.4 Å². The molecule has 0 saturated carbocycles. The highest BCUT2D eigenvalue weighted by Gasteiger charge is 1.96. The lowest BCUT2D eigenvalue weighted by Gasteiger charge is -2.01. The number of carbonyl (C=O) groups is 1. The van der Waals surface area contributed by atoms with Gasteiger partial charge in [-0.3, -0.25) is 4.79 Å². The van der Waals surface area contributed by atoms with Crippen molar-refractivity contribution in [3.05, 3.63) is 35.4 Å². The fraction of sp³-hybridized carbons (Fsp3) is 0.533. The van der Waals surface area contributed by atoms with Gasteiger partial charge in [0.25, 0.3) is 0 Å². The first-order valence-corrected chi connectivity index (χ1v) is 6.08. The first-order chi connectivity index (χ1) is 8.83. The Labute approximate surface area is 116 Å². The van der Waals surface area contributed by atoms with E-state index in [2.05, 4.69) is 47.6 Å². The summed E-state index contributed by atoms with van der Waals surface area (Å²) in [4.78, 5) is 10.0. The van der Waals surface area contributed by atoms with E-state index < -0.39 is 6.10 Å². The Balaban J connectivity index is 0. The van der Waals surface area contributed by atoms with E-state index in [0.717, 1.165) is 0 Å². The molecule has 4 heteroatoms. The van der Waals surface area contributed by atoms with Gasteiger partial charge in [-0.2, -0.15) is 0 Å². The minimum Gasteiger partial charge on any atom is -0.463 e. The molecule has 0 fully saturated rings. The Bertz CT molecular complexity index is 296. The zero-order chi connectivity index (χ0) is 15.3. The largest absolute Gasteiger partial charge is 0.463 e. The average Bonchev–Trinajstić information content (AvgIpc) is 2.32. The lowest BCUT2D eigenvalue weighted by molar-refractivity contribution is -0.143. The summed E-state index contributed by atoms with van der Waals surface area (Å²) in [5, 5.41) is 8.52. The molecule has 0 heterocycles. The van der Waals surface area contributed by atoms with E-state index in [0.29, 0.717) is 0 Å². The number of aliphatic hydroxyl groups is 1. The van der Waals surface area contributed by atoms with Crippen LogP contribution >= 0.6 is 0 Å². The fourth-order valence-electron chi connectivity index (χ4n) is 0.875. The number of ether oxygens (including phenoxy) is 2. The van der Waals surface area contributed by atoms with Crippen molar-refractivity contribution in [2.24, 2.45) is 0 Å². The van der Waals surface area contributed by atoms with E-state index in [9.17, 15) is 4.79 Å². The van der Waals surface area contributed by atoms with Crippen LogP contribution in [0.25, 0.3) is 0 Å². The monoisotopic (exact) mass is 270 g/mol. The van der Waals surface area contributed by atoms with Gasteiger partial charge in [0.2, 0.25) is 0 Å². The van der Waals surface area contributed by atoms with Crippen LogP contribution in [0.4, 0.5) is 0 Å². The van der Waals surface area contributed by atoms with Crippen molar-refractivity contribution in [3.8, 4) is 0 Å². The third kappa shape index (κ3) is 19.1. The van der Waals surface area contributed by atoms with Gasteiger partial charge in [0.15, 0.2) is 0 Å². The van der Waals surface area contributed by atoms with Gasteiger partial charge in [-0.05, 0) is 20.8 Å². The number of aliphatic hydroxyl groups excluding tert-OH is 1. The lowest BCUT2D eigenvalue weighted by Crippen LogP contribution is -2.12. The van der Waals surface area contributed by atoms with Gasteiger partial charge in [-0.25, -0.2) is 0 Å². The molecule has 0 aliphatic rings. The number of esters is 1. The van der Waals surface area contributed by atoms with Gasteiger partial charge >= 0.3 is 5.97 Å². The molecule has 0 aromatic heterocycles. The third-order valence-corrected chi connectivity index (χ3v) is 1.75. The second kappa shape index (κ2) is 13.1. The molecule has 1 N–H and O–H groups in total. The highest BCUT2D eigenvalue weighted by atomic mass is 16.5. The highest BCUT2D eigenvalue weighted by Crippen LogP contribution is 1.99. The quantitative estimate of drug-likeness (QED) is 0.839. The molecule has 0 amide bonds. The molecule has 19 heavy (non-hydrogen) atoms. The zero-order valence-electron chi connectivity index (χ0n) is 12.8. The molecule has 110 valence electrons. The van der Waals surface area contributed by atoms with E-state index in [1.54, 1.807) is 21.1 Å².